The van der Waals surface area contributed by atoms with Gasteiger partial charge in [0.05, 0.1) is 0 Å². The van der Waals surface area contributed by atoms with E-state index in [-0.39, 0.29) is 0 Å². The molecule has 1 aliphatic rings. The fourth-order valence-corrected chi connectivity index (χ4v) is 4.48. The predicted octanol–water partition coefficient (Wildman–Crippen LogP) is 6.45. The smallest absolute Gasteiger partial charge is 0.0404 e. The van der Waals surface area contributed by atoms with E-state index < -0.39 is 0 Å². The molecule has 2 heteroatoms. The predicted molar refractivity (Wildman–Crippen MR) is 118 cm³/mol. The number of hydrogen-bond acceptors (Lipinski definition) is 1. The Morgan fingerprint density at radius 3 is 2.22 bits per heavy atom. The Bertz CT molecular complexity index is 666. The van der Waals surface area contributed by atoms with Crippen molar-refractivity contribution in [3.63, 3.8) is 0 Å². The van der Waals surface area contributed by atoms with Crippen LogP contribution in [-0.4, -0.2) is 29.4 Å². The van der Waals surface area contributed by atoms with E-state index in [9.17, 15) is 0 Å². The quantitative estimate of drug-likeness (QED) is 0.426. The molecule has 3 unspecified atom stereocenters. The normalized spacial score (nSPS) is 20.4. The summed E-state index contributed by atoms with van der Waals surface area (Å²) >= 11 is 6.33. The van der Waals surface area contributed by atoms with Gasteiger partial charge in [0.1, 0.15) is 0 Å². The van der Waals surface area contributed by atoms with Gasteiger partial charge in [-0.15, -0.1) is 11.6 Å². The van der Waals surface area contributed by atoms with Gasteiger partial charge in [-0.2, -0.15) is 0 Å². The lowest BCUT2D eigenvalue weighted by atomic mass is 9.79. The third-order valence-corrected chi connectivity index (χ3v) is 6.64. The fraction of sp³-hybridized carbons (Fsp3) is 0.520. The average Bonchev–Trinajstić information content (AvgIpc) is 2.70. The second kappa shape index (κ2) is 10.3. The van der Waals surface area contributed by atoms with Crippen molar-refractivity contribution in [2.45, 2.75) is 69.7 Å². The van der Waals surface area contributed by atoms with Gasteiger partial charge >= 0.3 is 0 Å². The molecule has 1 aliphatic carbocycles. The molecule has 27 heavy (non-hydrogen) atoms. The molecule has 3 atom stereocenters. The molecule has 0 spiro atoms. The second-order valence-electron chi connectivity index (χ2n) is 8.10. The summed E-state index contributed by atoms with van der Waals surface area (Å²) in [5, 5.41) is 0.350. The molecule has 0 amide bonds. The standard InChI is InChI=1S/C25H34ClN/c1-3-18-27(19-17-21-7-5-4-6-8-21)20(2)9-10-22-11-13-23(14-12-22)24-15-16-25(24)26/h4-8,11-14,20,24-25H,3,9-10,15-19H2,1-2H3. The van der Waals surface area contributed by atoms with Crippen molar-refractivity contribution < 1.29 is 0 Å². The van der Waals surface area contributed by atoms with Gasteiger partial charge in [0.2, 0.25) is 0 Å². The van der Waals surface area contributed by atoms with Crippen molar-refractivity contribution >= 4 is 11.6 Å². The van der Waals surface area contributed by atoms with Crippen LogP contribution in [-0.2, 0) is 12.8 Å². The Morgan fingerprint density at radius 1 is 0.926 bits per heavy atom. The highest BCUT2D eigenvalue weighted by atomic mass is 35.5. The summed E-state index contributed by atoms with van der Waals surface area (Å²) < 4.78 is 0. The van der Waals surface area contributed by atoms with E-state index in [0.29, 0.717) is 17.3 Å². The summed E-state index contributed by atoms with van der Waals surface area (Å²) in [6.45, 7) is 7.01. The molecule has 3 rings (SSSR count). The van der Waals surface area contributed by atoms with Crippen molar-refractivity contribution in [1.29, 1.82) is 0 Å². The third kappa shape index (κ3) is 5.83. The minimum absolute atomic E-state index is 0.350. The van der Waals surface area contributed by atoms with E-state index in [1.807, 2.05) is 0 Å². The van der Waals surface area contributed by atoms with Gasteiger partial charge in [-0.3, -0.25) is 0 Å². The third-order valence-electron chi connectivity index (χ3n) is 6.11. The van der Waals surface area contributed by atoms with Crippen molar-refractivity contribution in [2.24, 2.45) is 0 Å². The number of aryl methyl sites for hydroxylation is 1. The zero-order chi connectivity index (χ0) is 19.1. The Kier molecular flexibility index (Phi) is 7.79. The second-order valence-corrected chi connectivity index (χ2v) is 8.66. The van der Waals surface area contributed by atoms with Gasteiger partial charge in [0.15, 0.2) is 0 Å². The summed E-state index contributed by atoms with van der Waals surface area (Å²) in [5.41, 5.74) is 4.32. The minimum atomic E-state index is 0.350. The lowest BCUT2D eigenvalue weighted by Gasteiger charge is -2.32. The SMILES string of the molecule is CCCN(CCc1ccccc1)C(C)CCc1ccc(C2CCC2Cl)cc1. The molecule has 1 saturated carbocycles. The van der Waals surface area contributed by atoms with Crippen LogP contribution in [0.15, 0.2) is 54.6 Å². The molecule has 1 fully saturated rings. The summed E-state index contributed by atoms with van der Waals surface area (Å²) in [5.74, 6) is 0.581. The summed E-state index contributed by atoms with van der Waals surface area (Å²) in [6.07, 6.45) is 7.15. The maximum atomic E-state index is 6.33. The summed E-state index contributed by atoms with van der Waals surface area (Å²) in [4.78, 5) is 2.66. The molecule has 2 aromatic rings. The van der Waals surface area contributed by atoms with Crippen LogP contribution in [0.1, 0.15) is 62.1 Å². The first-order valence-electron chi connectivity index (χ1n) is 10.7. The van der Waals surface area contributed by atoms with Crippen LogP contribution in [0.2, 0.25) is 0 Å². The molecule has 0 heterocycles. The largest absolute Gasteiger partial charge is 0.300 e. The average molecular weight is 384 g/mol. The molecule has 0 radical (unpaired) electrons. The van der Waals surface area contributed by atoms with E-state index in [1.165, 1.54) is 48.9 Å². The van der Waals surface area contributed by atoms with E-state index in [0.717, 1.165) is 19.4 Å². The summed E-state index contributed by atoms with van der Waals surface area (Å²) in [6, 6.07) is 20.7. The lowest BCUT2D eigenvalue weighted by Crippen LogP contribution is -2.35. The fourth-order valence-electron chi connectivity index (χ4n) is 4.08. The maximum absolute atomic E-state index is 6.33. The first-order valence-corrected chi connectivity index (χ1v) is 11.1. The first-order chi connectivity index (χ1) is 13.2. The van der Waals surface area contributed by atoms with E-state index in [4.69, 9.17) is 11.6 Å². The van der Waals surface area contributed by atoms with Crippen LogP contribution in [0.5, 0.6) is 0 Å². The van der Waals surface area contributed by atoms with E-state index in [1.54, 1.807) is 0 Å². The van der Waals surface area contributed by atoms with Crippen LogP contribution in [0.3, 0.4) is 0 Å². The molecule has 0 aliphatic heterocycles. The number of halogens is 1. The molecule has 2 aromatic carbocycles. The summed E-state index contributed by atoms with van der Waals surface area (Å²) in [7, 11) is 0. The van der Waals surface area contributed by atoms with Crippen LogP contribution < -0.4 is 0 Å². The van der Waals surface area contributed by atoms with Gasteiger partial charge in [-0.25, -0.2) is 0 Å². The number of hydrogen-bond donors (Lipinski definition) is 0. The van der Waals surface area contributed by atoms with Gasteiger partial charge in [0, 0.05) is 23.9 Å². The van der Waals surface area contributed by atoms with Gasteiger partial charge in [-0.05, 0) is 68.7 Å². The Hall–Kier alpha value is -1.31. The van der Waals surface area contributed by atoms with E-state index >= 15 is 0 Å². The number of rotatable bonds is 10. The van der Waals surface area contributed by atoms with Crippen LogP contribution in [0.4, 0.5) is 0 Å². The first kappa shape index (κ1) is 20.4. The molecule has 0 aromatic heterocycles. The van der Waals surface area contributed by atoms with Crippen LogP contribution >= 0.6 is 11.6 Å². The van der Waals surface area contributed by atoms with Crippen molar-refractivity contribution in [2.75, 3.05) is 13.1 Å². The van der Waals surface area contributed by atoms with Crippen LogP contribution in [0.25, 0.3) is 0 Å². The molecular formula is C25H34ClN. The highest BCUT2D eigenvalue weighted by Crippen LogP contribution is 2.40. The van der Waals surface area contributed by atoms with Crippen LogP contribution in [0, 0.1) is 0 Å². The topological polar surface area (TPSA) is 3.24 Å². The molecule has 146 valence electrons. The van der Waals surface area contributed by atoms with Gasteiger partial charge < -0.3 is 4.90 Å². The van der Waals surface area contributed by atoms with Gasteiger partial charge in [-0.1, -0.05) is 61.5 Å². The number of nitrogens with zero attached hydrogens (tertiary/aromatic N) is 1. The van der Waals surface area contributed by atoms with Gasteiger partial charge in [0.25, 0.3) is 0 Å². The maximum Gasteiger partial charge on any atom is 0.0404 e. The lowest BCUT2D eigenvalue weighted by molar-refractivity contribution is 0.202. The van der Waals surface area contributed by atoms with Crippen molar-refractivity contribution in [3.05, 3.63) is 71.3 Å². The highest BCUT2D eigenvalue weighted by molar-refractivity contribution is 6.21. The van der Waals surface area contributed by atoms with Crippen molar-refractivity contribution in [1.82, 2.24) is 4.90 Å². The molecule has 0 N–H and O–H groups in total. The Labute approximate surface area is 170 Å². The Balaban J connectivity index is 1.48. The monoisotopic (exact) mass is 383 g/mol. The zero-order valence-corrected chi connectivity index (χ0v) is 17.7. The number of alkyl halides is 1. The number of benzene rings is 2. The molecular weight excluding hydrogens is 350 g/mol. The zero-order valence-electron chi connectivity index (χ0n) is 16.9. The van der Waals surface area contributed by atoms with E-state index in [2.05, 4.69) is 73.3 Å². The Morgan fingerprint density at radius 2 is 1.63 bits per heavy atom. The molecule has 0 bridgehead atoms. The van der Waals surface area contributed by atoms with Crippen molar-refractivity contribution in [3.8, 4) is 0 Å². The highest BCUT2D eigenvalue weighted by Gasteiger charge is 2.29. The molecule has 1 nitrogen and oxygen atoms in total. The minimum Gasteiger partial charge on any atom is -0.300 e. The molecule has 0 saturated heterocycles.